The summed E-state index contributed by atoms with van der Waals surface area (Å²) in [7, 11) is 0. The molecule has 1 aromatic carbocycles. The van der Waals surface area contributed by atoms with Crippen molar-refractivity contribution in [3.8, 4) is 0 Å². The van der Waals surface area contributed by atoms with Gasteiger partial charge in [0.1, 0.15) is 5.82 Å². The van der Waals surface area contributed by atoms with Crippen LogP contribution >= 0.6 is 11.6 Å². The maximum atomic E-state index is 14.1. The van der Waals surface area contributed by atoms with Crippen molar-refractivity contribution in [3.63, 3.8) is 0 Å². The molecule has 0 heterocycles. The van der Waals surface area contributed by atoms with Gasteiger partial charge in [-0.15, -0.1) is 0 Å². The van der Waals surface area contributed by atoms with Gasteiger partial charge in [0.15, 0.2) is 0 Å². The molecule has 3 atom stereocenters. The van der Waals surface area contributed by atoms with E-state index >= 15 is 0 Å². The summed E-state index contributed by atoms with van der Waals surface area (Å²) in [6, 6.07) is 4.96. The minimum atomic E-state index is -0.347. The Kier molecular flexibility index (Phi) is 4.60. The Hall–Kier alpha value is -0.640. The molecule has 18 heavy (non-hydrogen) atoms. The van der Waals surface area contributed by atoms with Crippen LogP contribution in [0, 0.1) is 17.7 Å². The van der Waals surface area contributed by atoms with Crippen LogP contribution in [-0.4, -0.2) is 0 Å². The topological polar surface area (TPSA) is 38.0 Å². The lowest BCUT2D eigenvalue weighted by molar-refractivity contribution is 0.221. The van der Waals surface area contributed by atoms with Gasteiger partial charge in [-0.3, -0.25) is 11.3 Å². The minimum Gasteiger partial charge on any atom is -0.271 e. The van der Waals surface area contributed by atoms with Crippen LogP contribution in [0.3, 0.4) is 0 Å². The van der Waals surface area contributed by atoms with Crippen LogP contribution < -0.4 is 11.3 Å². The molecule has 100 valence electrons. The average molecular weight is 271 g/mol. The highest BCUT2D eigenvalue weighted by Crippen LogP contribution is 2.38. The number of hydrazine groups is 1. The number of nitrogens with two attached hydrogens (primary N) is 1. The van der Waals surface area contributed by atoms with Crippen LogP contribution in [-0.2, 0) is 0 Å². The molecule has 0 spiro atoms. The van der Waals surface area contributed by atoms with Crippen molar-refractivity contribution in [2.75, 3.05) is 0 Å². The zero-order chi connectivity index (χ0) is 13.1. The summed E-state index contributed by atoms with van der Waals surface area (Å²) in [5.41, 5.74) is 3.37. The Morgan fingerprint density at radius 2 is 2.22 bits per heavy atom. The summed E-state index contributed by atoms with van der Waals surface area (Å²) >= 11 is 5.84. The molecule has 1 aliphatic carbocycles. The van der Waals surface area contributed by atoms with Crippen molar-refractivity contribution in [2.24, 2.45) is 17.7 Å². The van der Waals surface area contributed by atoms with Crippen LogP contribution in [0.5, 0.6) is 0 Å². The Labute approximate surface area is 113 Å². The molecule has 0 aromatic heterocycles. The predicted molar refractivity (Wildman–Crippen MR) is 72.6 cm³/mol. The van der Waals surface area contributed by atoms with Crippen molar-refractivity contribution < 1.29 is 4.39 Å². The predicted octanol–water partition coefficient (Wildman–Crippen LogP) is 3.81. The Morgan fingerprint density at radius 1 is 1.44 bits per heavy atom. The molecule has 3 unspecified atom stereocenters. The lowest BCUT2D eigenvalue weighted by atomic mass is 9.77. The number of hydrogen-bond acceptors (Lipinski definition) is 2. The van der Waals surface area contributed by atoms with E-state index in [1.807, 2.05) is 0 Å². The second-order valence-corrected chi connectivity index (χ2v) is 5.73. The molecular weight excluding hydrogens is 251 g/mol. The van der Waals surface area contributed by atoms with Crippen LogP contribution in [0.2, 0.25) is 5.02 Å². The zero-order valence-corrected chi connectivity index (χ0v) is 11.4. The average Bonchev–Trinajstić information content (AvgIpc) is 2.35. The Bertz CT molecular complexity index is 411. The number of hydrogen-bond donors (Lipinski definition) is 2. The normalized spacial score (nSPS) is 26.0. The van der Waals surface area contributed by atoms with E-state index in [0.717, 1.165) is 12.8 Å². The fourth-order valence-electron chi connectivity index (χ4n) is 3.02. The molecule has 0 saturated heterocycles. The smallest absolute Gasteiger partial charge is 0.146 e. The third kappa shape index (κ3) is 2.85. The van der Waals surface area contributed by atoms with Gasteiger partial charge < -0.3 is 0 Å². The highest BCUT2D eigenvalue weighted by Gasteiger charge is 2.29. The fourth-order valence-corrected chi connectivity index (χ4v) is 3.21. The van der Waals surface area contributed by atoms with Gasteiger partial charge in [0.2, 0.25) is 0 Å². The third-order valence-electron chi connectivity index (χ3n) is 3.94. The second-order valence-electron chi connectivity index (χ2n) is 5.32. The van der Waals surface area contributed by atoms with Crippen molar-refractivity contribution in [3.05, 3.63) is 34.6 Å². The lowest BCUT2D eigenvalue weighted by Crippen LogP contribution is -2.36. The molecular formula is C14H20ClFN2. The second kappa shape index (κ2) is 6.00. The van der Waals surface area contributed by atoms with E-state index in [-0.39, 0.29) is 16.9 Å². The molecule has 2 nitrogen and oxygen atoms in total. The summed E-state index contributed by atoms with van der Waals surface area (Å²) < 4.78 is 14.1. The largest absolute Gasteiger partial charge is 0.271 e. The van der Waals surface area contributed by atoms with E-state index < -0.39 is 0 Å². The van der Waals surface area contributed by atoms with Crippen molar-refractivity contribution in [1.82, 2.24) is 5.43 Å². The number of nitrogens with one attached hydrogen (secondary N) is 1. The van der Waals surface area contributed by atoms with Crippen molar-refractivity contribution >= 4 is 11.6 Å². The first kappa shape index (κ1) is 13.8. The molecule has 1 fully saturated rings. The van der Waals surface area contributed by atoms with E-state index in [2.05, 4.69) is 12.3 Å². The first-order chi connectivity index (χ1) is 8.63. The highest BCUT2D eigenvalue weighted by molar-refractivity contribution is 6.30. The van der Waals surface area contributed by atoms with Gasteiger partial charge in [-0.25, -0.2) is 4.39 Å². The summed E-state index contributed by atoms with van der Waals surface area (Å²) in [5.74, 6) is 6.36. The van der Waals surface area contributed by atoms with Crippen LogP contribution in [0.25, 0.3) is 0 Å². The van der Waals surface area contributed by atoms with Crippen LogP contribution in [0.4, 0.5) is 4.39 Å². The molecule has 4 heteroatoms. The summed E-state index contributed by atoms with van der Waals surface area (Å²) in [4.78, 5) is 0. The maximum absolute atomic E-state index is 14.1. The van der Waals surface area contributed by atoms with E-state index in [1.54, 1.807) is 18.2 Å². The molecule has 1 aromatic rings. The molecule has 0 aliphatic heterocycles. The van der Waals surface area contributed by atoms with Gasteiger partial charge in [0, 0.05) is 5.56 Å². The Morgan fingerprint density at radius 3 is 2.89 bits per heavy atom. The lowest BCUT2D eigenvalue weighted by Gasteiger charge is -2.33. The van der Waals surface area contributed by atoms with Crippen molar-refractivity contribution in [2.45, 2.75) is 38.6 Å². The quantitative estimate of drug-likeness (QED) is 0.647. The van der Waals surface area contributed by atoms with Crippen molar-refractivity contribution in [1.29, 1.82) is 0 Å². The van der Waals surface area contributed by atoms with Crippen LogP contribution in [0.1, 0.15) is 44.2 Å². The maximum Gasteiger partial charge on any atom is 0.146 e. The molecule has 0 amide bonds. The molecule has 2 rings (SSSR count). The standard InChI is InChI=1S/C14H20ClFN2/c1-9-4-2-5-10(8-9)14(18-17)11-6-3-7-12(15)13(11)16/h3,6-7,9-10,14,18H,2,4-5,8,17H2,1H3. The first-order valence-corrected chi connectivity index (χ1v) is 6.91. The van der Waals surface area contributed by atoms with Crippen LogP contribution in [0.15, 0.2) is 18.2 Å². The summed E-state index contributed by atoms with van der Waals surface area (Å²) in [5, 5.41) is 0.164. The van der Waals surface area contributed by atoms with Gasteiger partial charge in [0.25, 0.3) is 0 Å². The van der Waals surface area contributed by atoms with E-state index in [1.165, 1.54) is 12.8 Å². The fraction of sp³-hybridized carbons (Fsp3) is 0.571. The van der Waals surface area contributed by atoms with Gasteiger partial charge in [-0.2, -0.15) is 0 Å². The number of rotatable bonds is 3. The molecule has 3 N–H and O–H groups in total. The number of benzene rings is 1. The molecule has 0 bridgehead atoms. The van der Waals surface area contributed by atoms with E-state index in [0.29, 0.717) is 17.4 Å². The van der Waals surface area contributed by atoms with Gasteiger partial charge in [-0.05, 0) is 30.7 Å². The molecule has 0 radical (unpaired) electrons. The van der Waals surface area contributed by atoms with Gasteiger partial charge in [-0.1, -0.05) is 43.5 Å². The molecule has 1 saturated carbocycles. The zero-order valence-electron chi connectivity index (χ0n) is 10.6. The van der Waals surface area contributed by atoms with Gasteiger partial charge >= 0.3 is 0 Å². The summed E-state index contributed by atoms with van der Waals surface area (Å²) in [6.07, 6.45) is 4.62. The highest BCUT2D eigenvalue weighted by atomic mass is 35.5. The minimum absolute atomic E-state index is 0.147. The molecule has 1 aliphatic rings. The summed E-state index contributed by atoms with van der Waals surface area (Å²) in [6.45, 7) is 2.24. The van der Waals surface area contributed by atoms with Gasteiger partial charge in [0.05, 0.1) is 11.1 Å². The monoisotopic (exact) mass is 270 g/mol. The Balaban J connectivity index is 2.24. The van der Waals surface area contributed by atoms with E-state index in [4.69, 9.17) is 17.4 Å². The first-order valence-electron chi connectivity index (χ1n) is 6.53. The SMILES string of the molecule is CC1CCCC(C(NN)c2cccc(Cl)c2F)C1. The van der Waals surface area contributed by atoms with E-state index in [9.17, 15) is 4.39 Å². The third-order valence-corrected chi connectivity index (χ3v) is 4.24. The number of halogens is 2.